The molecule has 1 unspecified atom stereocenters. The van der Waals surface area contributed by atoms with Gasteiger partial charge >= 0.3 is 0 Å². The molecule has 0 saturated heterocycles. The Morgan fingerprint density at radius 2 is 1.92 bits per heavy atom. The van der Waals surface area contributed by atoms with Crippen molar-refractivity contribution in [3.63, 3.8) is 0 Å². The van der Waals surface area contributed by atoms with Crippen LogP contribution in [0.1, 0.15) is 51.0 Å². The molecule has 1 aromatic carbocycles. The molecule has 0 N–H and O–H groups in total. The lowest BCUT2D eigenvalue weighted by Crippen LogP contribution is -2.21. The van der Waals surface area contributed by atoms with Gasteiger partial charge in [-0.05, 0) is 37.0 Å². The van der Waals surface area contributed by atoms with Gasteiger partial charge < -0.3 is 9.30 Å². The van der Waals surface area contributed by atoms with Crippen LogP contribution in [0.2, 0.25) is 5.02 Å². The first-order valence-electron chi connectivity index (χ1n) is 9.09. The van der Waals surface area contributed by atoms with E-state index in [1.54, 1.807) is 0 Å². The highest BCUT2D eigenvalue weighted by atomic mass is 35.5. The lowest BCUT2D eigenvalue weighted by molar-refractivity contribution is 0.0336. The number of hydrogen-bond acceptors (Lipinski definition) is 2. The number of ether oxygens (including phenoxy) is 1. The molecule has 132 valence electrons. The molecule has 1 aromatic heterocycles. The lowest BCUT2D eigenvalue weighted by Gasteiger charge is -2.18. The van der Waals surface area contributed by atoms with Crippen LogP contribution in [-0.4, -0.2) is 22.3 Å². The summed E-state index contributed by atoms with van der Waals surface area (Å²) in [5.41, 5.74) is 1.31. The molecule has 1 heterocycles. The van der Waals surface area contributed by atoms with Gasteiger partial charge in [0.1, 0.15) is 0 Å². The highest BCUT2D eigenvalue weighted by Crippen LogP contribution is 2.14. The second-order valence-corrected chi connectivity index (χ2v) is 6.77. The number of aromatic nitrogens is 2. The summed E-state index contributed by atoms with van der Waals surface area (Å²) >= 11 is 5.95. The van der Waals surface area contributed by atoms with Crippen LogP contribution >= 0.6 is 11.6 Å². The van der Waals surface area contributed by atoms with Gasteiger partial charge in [-0.25, -0.2) is 4.98 Å². The third kappa shape index (κ3) is 7.50. The number of nitrogens with zero attached hydrogens (tertiary/aromatic N) is 2. The van der Waals surface area contributed by atoms with Gasteiger partial charge in [0.2, 0.25) is 0 Å². The molecule has 1 atom stereocenters. The zero-order chi connectivity index (χ0) is 17.0. The minimum absolute atomic E-state index is 0.223. The molecule has 24 heavy (non-hydrogen) atoms. The van der Waals surface area contributed by atoms with Crippen molar-refractivity contribution in [1.82, 2.24) is 9.55 Å². The third-order valence-electron chi connectivity index (χ3n) is 4.24. The first-order valence-corrected chi connectivity index (χ1v) is 9.47. The first-order chi connectivity index (χ1) is 11.8. The van der Waals surface area contributed by atoms with Gasteiger partial charge in [0.05, 0.1) is 12.4 Å². The molecule has 0 aliphatic heterocycles. The van der Waals surface area contributed by atoms with Crippen LogP contribution in [-0.2, 0) is 17.7 Å². The van der Waals surface area contributed by atoms with Gasteiger partial charge in [-0.15, -0.1) is 0 Å². The Labute approximate surface area is 151 Å². The molecular weight excluding hydrogens is 320 g/mol. The highest BCUT2D eigenvalue weighted by Gasteiger charge is 2.10. The summed E-state index contributed by atoms with van der Waals surface area (Å²) in [6.45, 7) is 3.96. The maximum absolute atomic E-state index is 6.17. The van der Waals surface area contributed by atoms with E-state index in [0.717, 1.165) is 37.4 Å². The summed E-state index contributed by atoms with van der Waals surface area (Å²) in [5, 5.41) is 0.789. The Morgan fingerprint density at radius 3 is 2.62 bits per heavy atom. The van der Waals surface area contributed by atoms with Gasteiger partial charge in [-0.3, -0.25) is 0 Å². The van der Waals surface area contributed by atoms with Crippen molar-refractivity contribution in [2.45, 2.75) is 64.5 Å². The fourth-order valence-electron chi connectivity index (χ4n) is 2.79. The van der Waals surface area contributed by atoms with Crippen molar-refractivity contribution in [2.75, 3.05) is 6.61 Å². The van der Waals surface area contributed by atoms with Crippen molar-refractivity contribution in [3.8, 4) is 0 Å². The van der Waals surface area contributed by atoms with Crippen LogP contribution in [0.3, 0.4) is 0 Å². The molecule has 0 aliphatic carbocycles. The number of halogens is 1. The number of imidazole rings is 1. The first kappa shape index (κ1) is 19.0. The summed E-state index contributed by atoms with van der Waals surface area (Å²) < 4.78 is 8.27. The Bertz CT molecular complexity index is 539. The van der Waals surface area contributed by atoms with Crippen LogP contribution in [0.15, 0.2) is 43.0 Å². The monoisotopic (exact) mass is 348 g/mol. The molecule has 0 amide bonds. The summed E-state index contributed by atoms with van der Waals surface area (Å²) in [6.07, 6.45) is 14.3. The topological polar surface area (TPSA) is 27.1 Å². The predicted octanol–water partition coefficient (Wildman–Crippen LogP) is 5.52. The Balaban J connectivity index is 1.77. The van der Waals surface area contributed by atoms with Gasteiger partial charge in [-0.1, -0.05) is 56.3 Å². The normalized spacial score (nSPS) is 12.4. The van der Waals surface area contributed by atoms with E-state index < -0.39 is 0 Å². The van der Waals surface area contributed by atoms with Crippen molar-refractivity contribution < 1.29 is 4.74 Å². The highest BCUT2D eigenvalue weighted by molar-refractivity contribution is 6.30. The Kier molecular flexibility index (Phi) is 8.93. The molecule has 0 saturated carbocycles. The Morgan fingerprint density at radius 1 is 1.12 bits per heavy atom. The van der Waals surface area contributed by atoms with Crippen LogP contribution in [0.25, 0.3) is 0 Å². The third-order valence-corrected chi connectivity index (χ3v) is 4.50. The van der Waals surface area contributed by atoms with E-state index in [2.05, 4.69) is 28.6 Å². The molecule has 2 aromatic rings. The zero-order valence-corrected chi connectivity index (χ0v) is 15.4. The number of rotatable bonds is 12. The van der Waals surface area contributed by atoms with E-state index in [0.29, 0.717) is 0 Å². The summed E-state index contributed by atoms with van der Waals surface area (Å²) in [5.74, 6) is 0. The summed E-state index contributed by atoms with van der Waals surface area (Å²) in [6, 6.07) is 8.11. The second kappa shape index (κ2) is 11.3. The quantitative estimate of drug-likeness (QED) is 0.472. The van der Waals surface area contributed by atoms with E-state index in [4.69, 9.17) is 16.3 Å². The predicted molar refractivity (Wildman–Crippen MR) is 100 cm³/mol. The van der Waals surface area contributed by atoms with Gasteiger partial charge in [0.25, 0.3) is 0 Å². The smallest absolute Gasteiger partial charge is 0.0946 e. The second-order valence-electron chi connectivity index (χ2n) is 6.33. The van der Waals surface area contributed by atoms with Gasteiger partial charge in [0, 0.05) is 30.6 Å². The molecule has 0 aliphatic rings. The minimum atomic E-state index is 0.223. The van der Waals surface area contributed by atoms with Crippen molar-refractivity contribution >= 4 is 11.6 Å². The lowest BCUT2D eigenvalue weighted by atomic mass is 10.1. The molecule has 0 fully saturated rings. The van der Waals surface area contributed by atoms with Crippen LogP contribution < -0.4 is 0 Å². The average molecular weight is 349 g/mol. The number of hydrogen-bond donors (Lipinski definition) is 0. The fourth-order valence-corrected chi connectivity index (χ4v) is 2.92. The molecule has 0 radical (unpaired) electrons. The van der Waals surface area contributed by atoms with E-state index >= 15 is 0 Å². The standard InChI is InChI=1S/C20H29ClN2O/c1-2-3-4-5-6-15-24-20(16-23-14-13-22-17-23)12-9-18-7-10-19(21)11-8-18/h7-8,10-11,13-14,17,20H,2-6,9,12,15-16H2,1H3. The van der Waals surface area contributed by atoms with Crippen molar-refractivity contribution in [1.29, 1.82) is 0 Å². The minimum Gasteiger partial charge on any atom is -0.376 e. The maximum Gasteiger partial charge on any atom is 0.0946 e. The van der Waals surface area contributed by atoms with E-state index in [1.165, 1.54) is 31.2 Å². The summed E-state index contributed by atoms with van der Waals surface area (Å²) in [7, 11) is 0. The molecule has 4 heteroatoms. The SMILES string of the molecule is CCCCCCCOC(CCc1ccc(Cl)cc1)Cn1ccnc1. The molecule has 0 bridgehead atoms. The van der Waals surface area contributed by atoms with Crippen LogP contribution in [0.4, 0.5) is 0 Å². The van der Waals surface area contributed by atoms with E-state index in [-0.39, 0.29) is 6.10 Å². The number of unbranched alkanes of at least 4 members (excludes halogenated alkanes) is 4. The molecule has 0 spiro atoms. The summed E-state index contributed by atoms with van der Waals surface area (Å²) in [4.78, 5) is 4.13. The number of benzene rings is 1. The van der Waals surface area contributed by atoms with Gasteiger partial charge in [-0.2, -0.15) is 0 Å². The maximum atomic E-state index is 6.17. The van der Waals surface area contributed by atoms with Crippen LogP contribution in [0.5, 0.6) is 0 Å². The Hall–Kier alpha value is -1.32. The van der Waals surface area contributed by atoms with Gasteiger partial charge in [0.15, 0.2) is 0 Å². The largest absolute Gasteiger partial charge is 0.376 e. The van der Waals surface area contributed by atoms with E-state index in [1.807, 2.05) is 30.9 Å². The molecule has 2 rings (SSSR count). The average Bonchev–Trinajstić information content (AvgIpc) is 3.10. The molecule has 3 nitrogen and oxygen atoms in total. The van der Waals surface area contributed by atoms with Crippen LogP contribution in [0, 0.1) is 0 Å². The molecular formula is C20H29ClN2O. The van der Waals surface area contributed by atoms with Crippen molar-refractivity contribution in [3.05, 3.63) is 53.6 Å². The zero-order valence-electron chi connectivity index (χ0n) is 14.7. The number of aryl methyl sites for hydroxylation is 1. The van der Waals surface area contributed by atoms with Crippen molar-refractivity contribution in [2.24, 2.45) is 0 Å². The van der Waals surface area contributed by atoms with E-state index in [9.17, 15) is 0 Å². The fraction of sp³-hybridized carbons (Fsp3) is 0.550.